The van der Waals surface area contributed by atoms with Gasteiger partial charge in [-0.15, -0.1) is 0 Å². The molecule has 0 aromatic carbocycles. The lowest BCUT2D eigenvalue weighted by Gasteiger charge is -2.28. The number of nitrogens with zero attached hydrogens (tertiary/aromatic N) is 2. The van der Waals surface area contributed by atoms with E-state index < -0.39 is 11.9 Å². The van der Waals surface area contributed by atoms with Crippen molar-refractivity contribution in [3.63, 3.8) is 0 Å². The summed E-state index contributed by atoms with van der Waals surface area (Å²) >= 11 is 0. The van der Waals surface area contributed by atoms with E-state index in [9.17, 15) is 14.4 Å². The van der Waals surface area contributed by atoms with E-state index in [0.717, 1.165) is 0 Å². The molecule has 2 N–H and O–H groups in total. The number of nitrogens with one attached hydrogen (secondary N) is 2. The molecule has 1 saturated heterocycles. The van der Waals surface area contributed by atoms with Crippen LogP contribution >= 0.6 is 0 Å². The number of urea groups is 1. The van der Waals surface area contributed by atoms with Crippen LogP contribution in [0.5, 0.6) is 0 Å². The fourth-order valence-electron chi connectivity index (χ4n) is 1.95. The van der Waals surface area contributed by atoms with Crippen LogP contribution in [0, 0.1) is 5.92 Å². The number of morpholine rings is 1. The van der Waals surface area contributed by atoms with E-state index >= 15 is 0 Å². The van der Waals surface area contributed by atoms with E-state index in [1.54, 1.807) is 16.8 Å². The van der Waals surface area contributed by atoms with Crippen LogP contribution in [0.1, 0.15) is 13.8 Å². The third kappa shape index (κ3) is 7.37. The first-order valence-electron chi connectivity index (χ1n) is 7.50. The monoisotopic (exact) mass is 314 g/mol. The predicted octanol–water partition coefficient (Wildman–Crippen LogP) is -0.741. The van der Waals surface area contributed by atoms with Gasteiger partial charge in [0.1, 0.15) is 0 Å². The van der Waals surface area contributed by atoms with E-state index in [-0.39, 0.29) is 19.0 Å². The van der Waals surface area contributed by atoms with Gasteiger partial charge in [0.2, 0.25) is 11.8 Å². The molecule has 4 amide bonds. The van der Waals surface area contributed by atoms with Crippen molar-refractivity contribution in [3.05, 3.63) is 0 Å². The molecule has 0 aromatic rings. The number of carbonyl (C=O) groups excluding carboxylic acids is 3. The van der Waals surface area contributed by atoms with Gasteiger partial charge in [-0.05, 0) is 13.0 Å². The molecular formula is C14H26N4O4. The molecule has 126 valence electrons. The van der Waals surface area contributed by atoms with Gasteiger partial charge in [0, 0.05) is 19.6 Å². The van der Waals surface area contributed by atoms with Crippen molar-refractivity contribution in [1.82, 2.24) is 20.4 Å². The Balaban J connectivity index is 2.25. The van der Waals surface area contributed by atoms with E-state index in [1.807, 2.05) is 13.8 Å². The fraction of sp³-hybridized carbons (Fsp3) is 0.786. The fourth-order valence-corrected chi connectivity index (χ4v) is 1.95. The molecule has 8 heteroatoms. The van der Waals surface area contributed by atoms with Gasteiger partial charge in [0.25, 0.3) is 0 Å². The van der Waals surface area contributed by atoms with Gasteiger partial charge >= 0.3 is 6.03 Å². The smallest absolute Gasteiger partial charge is 0.321 e. The molecule has 0 spiro atoms. The molecule has 1 aliphatic heterocycles. The molecule has 0 bridgehead atoms. The first-order chi connectivity index (χ1) is 10.4. The summed E-state index contributed by atoms with van der Waals surface area (Å²) in [5.74, 6) is -0.156. The molecule has 1 aliphatic rings. The number of likely N-dealkylation sites (N-methyl/N-ethyl adjacent to an activating group) is 1. The lowest BCUT2D eigenvalue weighted by Crippen LogP contribution is -2.48. The maximum absolute atomic E-state index is 12.0. The van der Waals surface area contributed by atoms with Crippen LogP contribution in [0.4, 0.5) is 4.79 Å². The first-order valence-corrected chi connectivity index (χ1v) is 7.50. The van der Waals surface area contributed by atoms with Gasteiger partial charge in [-0.2, -0.15) is 0 Å². The Morgan fingerprint density at radius 1 is 1.18 bits per heavy atom. The first kappa shape index (κ1) is 18.4. The maximum Gasteiger partial charge on any atom is 0.321 e. The highest BCUT2D eigenvalue weighted by atomic mass is 16.5. The normalized spacial score (nSPS) is 15.0. The molecule has 8 nitrogen and oxygen atoms in total. The number of rotatable bonds is 6. The number of hydrogen-bond donors (Lipinski definition) is 2. The topological polar surface area (TPSA) is 91.0 Å². The second kappa shape index (κ2) is 9.37. The van der Waals surface area contributed by atoms with Gasteiger partial charge in [-0.3, -0.25) is 19.8 Å². The van der Waals surface area contributed by atoms with E-state index in [1.165, 1.54) is 0 Å². The predicted molar refractivity (Wildman–Crippen MR) is 81.3 cm³/mol. The average Bonchev–Trinajstić information content (AvgIpc) is 2.45. The van der Waals surface area contributed by atoms with Crippen molar-refractivity contribution in [2.75, 3.05) is 53.0 Å². The zero-order valence-corrected chi connectivity index (χ0v) is 13.6. The van der Waals surface area contributed by atoms with Crippen molar-refractivity contribution >= 4 is 17.8 Å². The zero-order valence-electron chi connectivity index (χ0n) is 13.6. The quantitative estimate of drug-likeness (QED) is 0.674. The maximum atomic E-state index is 12.0. The van der Waals surface area contributed by atoms with Crippen molar-refractivity contribution in [1.29, 1.82) is 0 Å². The summed E-state index contributed by atoms with van der Waals surface area (Å²) in [4.78, 5) is 38.5. The van der Waals surface area contributed by atoms with Gasteiger partial charge in [0.15, 0.2) is 0 Å². The van der Waals surface area contributed by atoms with Crippen LogP contribution in [0.3, 0.4) is 0 Å². The third-order valence-corrected chi connectivity index (χ3v) is 3.11. The van der Waals surface area contributed by atoms with Crippen LogP contribution in [-0.4, -0.2) is 80.6 Å². The zero-order chi connectivity index (χ0) is 16.5. The van der Waals surface area contributed by atoms with Crippen LogP contribution in [0.2, 0.25) is 0 Å². The van der Waals surface area contributed by atoms with E-state index in [2.05, 4.69) is 10.6 Å². The standard InChI is InChI=1S/C14H26N4O4/c1-11(2)8-15-14(21)16-12(19)9-17(3)10-13(20)18-4-6-22-7-5-18/h11H,4-10H2,1-3H3,(H2,15,16,19,21). The minimum atomic E-state index is -0.508. The molecule has 1 rings (SSSR count). The Hall–Kier alpha value is -1.67. The highest BCUT2D eigenvalue weighted by Gasteiger charge is 2.19. The molecular weight excluding hydrogens is 288 g/mol. The van der Waals surface area contributed by atoms with E-state index in [0.29, 0.717) is 38.8 Å². The van der Waals surface area contributed by atoms with Gasteiger partial charge in [-0.25, -0.2) is 4.79 Å². The summed E-state index contributed by atoms with van der Waals surface area (Å²) in [6, 6.07) is -0.508. The van der Waals surface area contributed by atoms with Crippen LogP contribution in [0.25, 0.3) is 0 Å². The summed E-state index contributed by atoms with van der Waals surface area (Å²) in [5, 5.41) is 4.84. The summed E-state index contributed by atoms with van der Waals surface area (Å²) in [7, 11) is 1.67. The lowest BCUT2D eigenvalue weighted by atomic mass is 10.2. The Morgan fingerprint density at radius 2 is 1.82 bits per heavy atom. The average molecular weight is 314 g/mol. The molecule has 0 saturated carbocycles. The molecule has 0 unspecified atom stereocenters. The van der Waals surface area contributed by atoms with Gasteiger partial charge in [0.05, 0.1) is 26.3 Å². The highest BCUT2D eigenvalue weighted by Crippen LogP contribution is 1.98. The molecule has 0 aliphatic carbocycles. The second-order valence-electron chi connectivity index (χ2n) is 5.82. The number of ether oxygens (including phenoxy) is 1. The minimum absolute atomic E-state index is 0.00875. The molecule has 1 fully saturated rings. The number of amides is 4. The molecule has 0 atom stereocenters. The second-order valence-corrected chi connectivity index (χ2v) is 5.82. The van der Waals surface area contributed by atoms with Gasteiger partial charge in [-0.1, -0.05) is 13.8 Å². The molecule has 0 aromatic heterocycles. The molecule has 0 radical (unpaired) electrons. The van der Waals surface area contributed by atoms with Crippen molar-refractivity contribution in [3.8, 4) is 0 Å². The van der Waals surface area contributed by atoms with Crippen LogP contribution in [0.15, 0.2) is 0 Å². The summed E-state index contributed by atoms with van der Waals surface area (Å²) in [6.45, 7) is 6.82. The third-order valence-electron chi connectivity index (χ3n) is 3.11. The van der Waals surface area contributed by atoms with Crippen LogP contribution < -0.4 is 10.6 Å². The van der Waals surface area contributed by atoms with Crippen LogP contribution in [-0.2, 0) is 14.3 Å². The van der Waals surface area contributed by atoms with E-state index in [4.69, 9.17) is 4.74 Å². The van der Waals surface area contributed by atoms with Gasteiger partial charge < -0.3 is 15.0 Å². The summed E-state index contributed by atoms with van der Waals surface area (Å²) in [5.41, 5.74) is 0. The molecule has 22 heavy (non-hydrogen) atoms. The number of imide groups is 1. The summed E-state index contributed by atoms with van der Waals surface area (Å²) in [6.07, 6.45) is 0. The lowest BCUT2D eigenvalue weighted by molar-refractivity contribution is -0.136. The Kier molecular flexibility index (Phi) is 7.83. The molecule has 1 heterocycles. The summed E-state index contributed by atoms with van der Waals surface area (Å²) < 4.78 is 5.19. The van der Waals surface area contributed by atoms with Crippen molar-refractivity contribution in [2.24, 2.45) is 5.92 Å². The largest absolute Gasteiger partial charge is 0.378 e. The minimum Gasteiger partial charge on any atom is -0.378 e. The number of hydrogen-bond acceptors (Lipinski definition) is 5. The highest BCUT2D eigenvalue weighted by molar-refractivity contribution is 5.95. The van der Waals surface area contributed by atoms with Crippen molar-refractivity contribution < 1.29 is 19.1 Å². The number of carbonyl (C=O) groups is 3. The Bertz CT molecular complexity index is 394. The SMILES string of the molecule is CC(C)CNC(=O)NC(=O)CN(C)CC(=O)N1CCOCC1. The van der Waals surface area contributed by atoms with Crippen molar-refractivity contribution in [2.45, 2.75) is 13.8 Å². The Morgan fingerprint density at radius 3 is 2.41 bits per heavy atom. The Labute approximate surface area is 131 Å².